The van der Waals surface area contributed by atoms with E-state index in [4.69, 9.17) is 0 Å². The molecular formula is C14H25NS. The largest absolute Gasteiger partial charge is 0.307 e. The molecule has 0 aliphatic heterocycles. The van der Waals surface area contributed by atoms with E-state index in [1.54, 1.807) is 0 Å². The van der Waals surface area contributed by atoms with Gasteiger partial charge in [0.2, 0.25) is 0 Å². The Labute approximate surface area is 104 Å². The Kier molecular flexibility index (Phi) is 6.07. The van der Waals surface area contributed by atoms with Crippen molar-refractivity contribution in [1.29, 1.82) is 0 Å². The summed E-state index contributed by atoms with van der Waals surface area (Å²) in [5.41, 5.74) is 0. The Morgan fingerprint density at radius 2 is 2.00 bits per heavy atom. The van der Waals surface area contributed by atoms with Gasteiger partial charge in [-0.3, -0.25) is 0 Å². The Morgan fingerprint density at radius 3 is 2.50 bits per heavy atom. The molecule has 0 spiro atoms. The third-order valence-electron chi connectivity index (χ3n) is 3.07. The molecule has 92 valence electrons. The Balaban J connectivity index is 2.52. The highest BCUT2D eigenvalue weighted by Crippen LogP contribution is 2.24. The molecule has 1 rings (SSSR count). The molecule has 0 aromatic carbocycles. The van der Waals surface area contributed by atoms with Crippen LogP contribution >= 0.6 is 11.3 Å². The molecule has 1 nitrogen and oxygen atoms in total. The Bertz CT molecular complexity index is 293. The van der Waals surface area contributed by atoms with Gasteiger partial charge in [0.05, 0.1) is 0 Å². The fourth-order valence-electron chi connectivity index (χ4n) is 2.01. The van der Waals surface area contributed by atoms with E-state index in [0.29, 0.717) is 12.1 Å². The summed E-state index contributed by atoms with van der Waals surface area (Å²) in [6.07, 6.45) is 4.93. The third kappa shape index (κ3) is 3.91. The summed E-state index contributed by atoms with van der Waals surface area (Å²) in [7, 11) is 0. The van der Waals surface area contributed by atoms with Crippen molar-refractivity contribution in [2.75, 3.05) is 0 Å². The van der Waals surface area contributed by atoms with Crippen molar-refractivity contribution in [3.63, 3.8) is 0 Å². The molecule has 1 N–H and O–H groups in total. The molecule has 0 radical (unpaired) electrons. The van der Waals surface area contributed by atoms with Gasteiger partial charge in [-0.1, -0.05) is 27.2 Å². The second-order valence-corrected chi connectivity index (χ2v) is 5.64. The van der Waals surface area contributed by atoms with Crippen LogP contribution in [0, 0.1) is 0 Å². The maximum atomic E-state index is 3.73. The minimum atomic E-state index is 0.502. The molecule has 0 fully saturated rings. The van der Waals surface area contributed by atoms with E-state index in [2.05, 4.69) is 45.1 Å². The highest BCUT2D eigenvalue weighted by molar-refractivity contribution is 7.12. The summed E-state index contributed by atoms with van der Waals surface area (Å²) in [5.74, 6) is 0. The van der Waals surface area contributed by atoms with E-state index in [-0.39, 0.29) is 0 Å². The minimum absolute atomic E-state index is 0.502. The molecule has 0 bridgehead atoms. The lowest BCUT2D eigenvalue weighted by atomic mass is 10.1. The van der Waals surface area contributed by atoms with E-state index < -0.39 is 0 Å². The Morgan fingerprint density at radius 1 is 1.25 bits per heavy atom. The zero-order valence-electron chi connectivity index (χ0n) is 11.0. The molecule has 2 heteroatoms. The normalized spacial score (nSPS) is 15.0. The molecule has 0 aliphatic rings. The van der Waals surface area contributed by atoms with Crippen LogP contribution in [-0.2, 0) is 6.42 Å². The van der Waals surface area contributed by atoms with Gasteiger partial charge < -0.3 is 5.32 Å². The van der Waals surface area contributed by atoms with Crippen LogP contribution < -0.4 is 5.32 Å². The summed E-state index contributed by atoms with van der Waals surface area (Å²) in [6, 6.07) is 5.72. The van der Waals surface area contributed by atoms with Crippen molar-refractivity contribution in [2.45, 2.75) is 65.5 Å². The SMILES string of the molecule is CCCC(CC)NC(C)c1ccc(CC)s1. The van der Waals surface area contributed by atoms with E-state index in [1.807, 2.05) is 11.3 Å². The summed E-state index contributed by atoms with van der Waals surface area (Å²) < 4.78 is 0. The molecule has 1 aromatic heterocycles. The fourth-order valence-corrected chi connectivity index (χ4v) is 2.97. The summed E-state index contributed by atoms with van der Waals surface area (Å²) >= 11 is 1.95. The molecule has 0 saturated carbocycles. The fraction of sp³-hybridized carbons (Fsp3) is 0.714. The summed E-state index contributed by atoms with van der Waals surface area (Å²) in [5, 5.41) is 3.73. The van der Waals surface area contributed by atoms with Crippen LogP contribution in [0.4, 0.5) is 0 Å². The average molecular weight is 239 g/mol. The van der Waals surface area contributed by atoms with Crippen LogP contribution in [-0.4, -0.2) is 6.04 Å². The first kappa shape index (κ1) is 13.7. The van der Waals surface area contributed by atoms with Gasteiger partial charge in [0.25, 0.3) is 0 Å². The van der Waals surface area contributed by atoms with E-state index in [0.717, 1.165) is 6.42 Å². The number of rotatable bonds is 7. The maximum Gasteiger partial charge on any atom is 0.0388 e. The van der Waals surface area contributed by atoms with Gasteiger partial charge in [-0.15, -0.1) is 11.3 Å². The molecule has 2 atom stereocenters. The first-order chi connectivity index (χ1) is 7.71. The number of nitrogens with one attached hydrogen (secondary N) is 1. The molecule has 0 amide bonds. The van der Waals surface area contributed by atoms with Gasteiger partial charge in [0.1, 0.15) is 0 Å². The number of aryl methyl sites for hydroxylation is 1. The Hall–Kier alpha value is -0.340. The van der Waals surface area contributed by atoms with E-state index in [1.165, 1.54) is 29.0 Å². The van der Waals surface area contributed by atoms with Crippen molar-refractivity contribution in [1.82, 2.24) is 5.32 Å². The van der Waals surface area contributed by atoms with Gasteiger partial charge in [-0.05, 0) is 38.3 Å². The molecule has 0 aliphatic carbocycles. The third-order valence-corrected chi connectivity index (χ3v) is 4.49. The molecule has 1 aromatic rings. The highest BCUT2D eigenvalue weighted by atomic mass is 32.1. The van der Waals surface area contributed by atoms with E-state index >= 15 is 0 Å². The molecule has 0 saturated heterocycles. The topological polar surface area (TPSA) is 12.0 Å². The first-order valence-electron chi connectivity index (χ1n) is 6.55. The van der Waals surface area contributed by atoms with Gasteiger partial charge in [-0.2, -0.15) is 0 Å². The molecule has 16 heavy (non-hydrogen) atoms. The summed E-state index contributed by atoms with van der Waals surface area (Å²) in [6.45, 7) is 9.03. The summed E-state index contributed by atoms with van der Waals surface area (Å²) in [4.78, 5) is 2.97. The number of hydrogen-bond acceptors (Lipinski definition) is 2. The molecular weight excluding hydrogens is 214 g/mol. The monoisotopic (exact) mass is 239 g/mol. The quantitative estimate of drug-likeness (QED) is 0.736. The first-order valence-corrected chi connectivity index (χ1v) is 7.37. The van der Waals surface area contributed by atoms with Crippen LogP contribution in [0.3, 0.4) is 0 Å². The van der Waals surface area contributed by atoms with Crippen molar-refractivity contribution in [2.24, 2.45) is 0 Å². The van der Waals surface area contributed by atoms with Gasteiger partial charge in [-0.25, -0.2) is 0 Å². The van der Waals surface area contributed by atoms with Crippen LogP contribution in [0.2, 0.25) is 0 Å². The average Bonchev–Trinajstić information content (AvgIpc) is 2.76. The van der Waals surface area contributed by atoms with Crippen LogP contribution in [0.5, 0.6) is 0 Å². The van der Waals surface area contributed by atoms with E-state index in [9.17, 15) is 0 Å². The zero-order valence-corrected chi connectivity index (χ0v) is 11.9. The maximum absolute atomic E-state index is 3.73. The number of hydrogen-bond donors (Lipinski definition) is 1. The van der Waals surface area contributed by atoms with Crippen molar-refractivity contribution >= 4 is 11.3 Å². The van der Waals surface area contributed by atoms with Gasteiger partial charge >= 0.3 is 0 Å². The lowest BCUT2D eigenvalue weighted by molar-refractivity contribution is 0.420. The highest BCUT2D eigenvalue weighted by Gasteiger charge is 2.12. The predicted octanol–water partition coefficient (Wildman–Crippen LogP) is 4.54. The van der Waals surface area contributed by atoms with Crippen LogP contribution in [0.25, 0.3) is 0 Å². The van der Waals surface area contributed by atoms with Crippen LogP contribution in [0.15, 0.2) is 12.1 Å². The number of thiophene rings is 1. The van der Waals surface area contributed by atoms with Gasteiger partial charge in [0.15, 0.2) is 0 Å². The predicted molar refractivity (Wildman–Crippen MR) is 74.2 cm³/mol. The van der Waals surface area contributed by atoms with Crippen LogP contribution in [0.1, 0.15) is 62.8 Å². The lowest BCUT2D eigenvalue weighted by Gasteiger charge is -2.21. The minimum Gasteiger partial charge on any atom is -0.307 e. The second-order valence-electron chi connectivity index (χ2n) is 4.44. The van der Waals surface area contributed by atoms with Crippen molar-refractivity contribution in [3.05, 3.63) is 21.9 Å². The molecule has 1 heterocycles. The van der Waals surface area contributed by atoms with Gasteiger partial charge in [0, 0.05) is 21.8 Å². The zero-order chi connectivity index (χ0) is 12.0. The lowest BCUT2D eigenvalue weighted by Crippen LogP contribution is -2.30. The smallest absolute Gasteiger partial charge is 0.0388 e. The second kappa shape index (κ2) is 7.08. The van der Waals surface area contributed by atoms with Crippen molar-refractivity contribution < 1.29 is 0 Å². The standard InChI is InChI=1S/C14H25NS/c1-5-8-12(6-2)15-11(4)14-10-9-13(7-3)16-14/h9-12,15H,5-8H2,1-4H3. The molecule has 2 unspecified atom stereocenters. The van der Waals surface area contributed by atoms with Crippen molar-refractivity contribution in [3.8, 4) is 0 Å².